The van der Waals surface area contributed by atoms with Gasteiger partial charge in [0.15, 0.2) is 0 Å². The normalized spacial score (nSPS) is 14.8. The molecule has 3 aromatic heterocycles. The quantitative estimate of drug-likeness (QED) is 0.619. The van der Waals surface area contributed by atoms with Crippen molar-refractivity contribution < 1.29 is 23.0 Å². The highest BCUT2D eigenvalue weighted by Gasteiger charge is 2.17. The minimum Gasteiger partial charge on any atom is -0.491 e. The lowest BCUT2D eigenvalue weighted by Gasteiger charge is -2.25. The predicted octanol–water partition coefficient (Wildman–Crippen LogP) is 3.15. The van der Waals surface area contributed by atoms with Gasteiger partial charge in [0.25, 0.3) is 12.3 Å². The minimum atomic E-state index is -2.75. The molecule has 0 bridgehead atoms. The maximum absolute atomic E-state index is 12.9. The summed E-state index contributed by atoms with van der Waals surface area (Å²) in [7, 11) is 0. The number of morpholine rings is 1. The van der Waals surface area contributed by atoms with Gasteiger partial charge in [-0.05, 0) is 19.1 Å². The lowest BCUT2D eigenvalue weighted by Crippen LogP contribution is -2.35. The Morgan fingerprint density at radius 1 is 1.26 bits per heavy atom. The summed E-state index contributed by atoms with van der Waals surface area (Å²) >= 11 is 0. The molecule has 10 heteroatoms. The lowest BCUT2D eigenvalue weighted by molar-refractivity contribution is 0.0337. The standard InChI is InChI=1S/C21H23F2N5O3/c1-2-31-18-10-19-24-14(11-27-6-8-30-9-7-27)12-28(19)13-17(18)26-21(29)16-5-3-4-15(25-16)20(22)23/h3-5,10,12-13,20H,2,6-9,11H2,1H3,(H,26,29). The number of pyridine rings is 2. The SMILES string of the molecule is CCOc1cc2nc(CN3CCOCC3)cn2cc1NC(=O)c1cccc(C(F)F)n1. The minimum absolute atomic E-state index is 0.0982. The molecule has 1 fully saturated rings. The Morgan fingerprint density at radius 2 is 2.06 bits per heavy atom. The van der Waals surface area contributed by atoms with Crippen LogP contribution in [0, 0.1) is 0 Å². The average molecular weight is 431 g/mol. The van der Waals surface area contributed by atoms with Crippen molar-refractivity contribution in [1.29, 1.82) is 0 Å². The molecule has 1 aliphatic heterocycles. The van der Waals surface area contributed by atoms with Gasteiger partial charge in [0.2, 0.25) is 0 Å². The van der Waals surface area contributed by atoms with Crippen LogP contribution in [0.15, 0.2) is 36.7 Å². The van der Waals surface area contributed by atoms with E-state index < -0.39 is 18.0 Å². The molecule has 0 aromatic carbocycles. The molecule has 0 atom stereocenters. The van der Waals surface area contributed by atoms with Gasteiger partial charge in [0, 0.05) is 38.1 Å². The van der Waals surface area contributed by atoms with E-state index in [-0.39, 0.29) is 5.69 Å². The summed E-state index contributed by atoms with van der Waals surface area (Å²) in [6.45, 7) is 6.03. The molecule has 3 aromatic rings. The van der Waals surface area contributed by atoms with Crippen molar-refractivity contribution in [3.05, 3.63) is 53.7 Å². The fourth-order valence-corrected chi connectivity index (χ4v) is 3.39. The second-order valence-corrected chi connectivity index (χ2v) is 7.07. The molecule has 1 amide bonds. The van der Waals surface area contributed by atoms with Gasteiger partial charge in [-0.15, -0.1) is 0 Å². The molecule has 31 heavy (non-hydrogen) atoms. The molecule has 4 heterocycles. The molecule has 0 aliphatic carbocycles. The van der Waals surface area contributed by atoms with Crippen LogP contribution in [-0.4, -0.2) is 58.1 Å². The zero-order valence-electron chi connectivity index (χ0n) is 17.1. The molecule has 1 saturated heterocycles. The summed E-state index contributed by atoms with van der Waals surface area (Å²) in [5.41, 5.74) is 1.43. The van der Waals surface area contributed by atoms with Crippen molar-refractivity contribution in [2.24, 2.45) is 0 Å². The lowest BCUT2D eigenvalue weighted by atomic mass is 10.2. The molecule has 0 spiro atoms. The number of hydrogen-bond acceptors (Lipinski definition) is 6. The summed E-state index contributed by atoms with van der Waals surface area (Å²) in [6.07, 6.45) is 0.843. The van der Waals surface area contributed by atoms with E-state index in [1.165, 1.54) is 18.2 Å². The van der Waals surface area contributed by atoms with Crippen molar-refractivity contribution in [1.82, 2.24) is 19.3 Å². The van der Waals surface area contributed by atoms with E-state index in [9.17, 15) is 13.6 Å². The Morgan fingerprint density at radius 3 is 2.81 bits per heavy atom. The highest BCUT2D eigenvalue weighted by molar-refractivity contribution is 6.03. The number of ether oxygens (including phenoxy) is 2. The number of alkyl halides is 2. The summed E-state index contributed by atoms with van der Waals surface area (Å²) in [4.78, 5) is 23.3. The molecular weight excluding hydrogens is 408 g/mol. The zero-order chi connectivity index (χ0) is 21.8. The number of hydrogen-bond donors (Lipinski definition) is 1. The largest absolute Gasteiger partial charge is 0.491 e. The molecule has 0 radical (unpaired) electrons. The summed E-state index contributed by atoms with van der Waals surface area (Å²) in [5, 5.41) is 2.71. The zero-order valence-corrected chi connectivity index (χ0v) is 17.1. The van der Waals surface area contributed by atoms with Gasteiger partial charge in [-0.2, -0.15) is 0 Å². The summed E-state index contributed by atoms with van der Waals surface area (Å²) in [6, 6.07) is 5.69. The monoisotopic (exact) mass is 431 g/mol. The van der Waals surface area contributed by atoms with Gasteiger partial charge < -0.3 is 19.2 Å². The highest BCUT2D eigenvalue weighted by atomic mass is 19.3. The van der Waals surface area contributed by atoms with Gasteiger partial charge in [-0.25, -0.2) is 18.7 Å². The molecule has 8 nitrogen and oxygen atoms in total. The molecule has 0 saturated carbocycles. The van der Waals surface area contributed by atoms with Gasteiger partial charge >= 0.3 is 0 Å². The maximum Gasteiger partial charge on any atom is 0.280 e. The van der Waals surface area contributed by atoms with E-state index in [0.29, 0.717) is 43.4 Å². The van der Waals surface area contributed by atoms with Gasteiger partial charge in [-0.3, -0.25) is 9.69 Å². The van der Waals surface area contributed by atoms with Crippen LogP contribution < -0.4 is 10.1 Å². The van der Waals surface area contributed by atoms with Crippen LogP contribution in [0.3, 0.4) is 0 Å². The maximum atomic E-state index is 12.9. The van der Waals surface area contributed by atoms with E-state index in [1.807, 2.05) is 13.1 Å². The van der Waals surface area contributed by atoms with Crippen LogP contribution in [0.1, 0.15) is 35.2 Å². The van der Waals surface area contributed by atoms with E-state index in [4.69, 9.17) is 9.47 Å². The first-order valence-corrected chi connectivity index (χ1v) is 10.0. The van der Waals surface area contributed by atoms with Gasteiger partial charge in [0.05, 0.1) is 25.5 Å². The van der Waals surface area contributed by atoms with Crippen LogP contribution in [0.2, 0.25) is 0 Å². The number of amides is 1. The number of aromatic nitrogens is 3. The topological polar surface area (TPSA) is 81.0 Å². The van der Waals surface area contributed by atoms with E-state index in [2.05, 4.69) is 20.2 Å². The smallest absolute Gasteiger partial charge is 0.280 e. The third-order valence-electron chi connectivity index (χ3n) is 4.87. The first-order chi connectivity index (χ1) is 15.0. The number of rotatable bonds is 7. The van der Waals surface area contributed by atoms with Crippen LogP contribution in [0.5, 0.6) is 5.75 Å². The molecule has 4 rings (SSSR count). The number of anilines is 1. The third-order valence-corrected chi connectivity index (χ3v) is 4.87. The summed E-state index contributed by atoms with van der Waals surface area (Å²) < 4.78 is 38.7. The predicted molar refractivity (Wildman–Crippen MR) is 110 cm³/mol. The second-order valence-electron chi connectivity index (χ2n) is 7.07. The van der Waals surface area contributed by atoms with Crippen molar-refractivity contribution >= 4 is 17.2 Å². The fraction of sp³-hybridized carbons (Fsp3) is 0.381. The molecule has 1 N–H and O–H groups in total. The average Bonchev–Trinajstić information content (AvgIpc) is 3.15. The first kappa shape index (κ1) is 21.1. The Bertz CT molecular complexity index is 1070. The Kier molecular flexibility index (Phi) is 6.38. The van der Waals surface area contributed by atoms with Crippen molar-refractivity contribution in [3.63, 3.8) is 0 Å². The number of halogens is 2. The van der Waals surface area contributed by atoms with Crippen LogP contribution in [0.4, 0.5) is 14.5 Å². The Hall–Kier alpha value is -3.11. The number of fused-ring (bicyclic) bond motifs is 1. The highest BCUT2D eigenvalue weighted by Crippen LogP contribution is 2.27. The molecule has 0 unspecified atom stereocenters. The van der Waals surface area contributed by atoms with Crippen molar-refractivity contribution in [2.75, 3.05) is 38.2 Å². The molecule has 1 aliphatic rings. The van der Waals surface area contributed by atoms with E-state index in [1.54, 1.807) is 16.7 Å². The third kappa shape index (κ3) is 4.97. The molecular formula is C21H23F2N5O3. The Balaban J connectivity index is 1.58. The second kappa shape index (κ2) is 9.36. The molecule has 164 valence electrons. The number of nitrogens with one attached hydrogen (secondary N) is 1. The fourth-order valence-electron chi connectivity index (χ4n) is 3.39. The van der Waals surface area contributed by atoms with Crippen LogP contribution in [0.25, 0.3) is 5.65 Å². The van der Waals surface area contributed by atoms with E-state index in [0.717, 1.165) is 18.8 Å². The number of imidazole rings is 1. The van der Waals surface area contributed by atoms with E-state index >= 15 is 0 Å². The number of carbonyl (C=O) groups excluding carboxylic acids is 1. The number of nitrogens with zero attached hydrogens (tertiary/aromatic N) is 4. The van der Waals surface area contributed by atoms with Crippen molar-refractivity contribution in [2.45, 2.75) is 19.9 Å². The van der Waals surface area contributed by atoms with Crippen molar-refractivity contribution in [3.8, 4) is 5.75 Å². The van der Waals surface area contributed by atoms with Crippen LogP contribution in [-0.2, 0) is 11.3 Å². The Labute approximate surface area is 177 Å². The summed E-state index contributed by atoms with van der Waals surface area (Å²) in [5.74, 6) is -0.159. The number of carbonyl (C=O) groups is 1. The first-order valence-electron chi connectivity index (χ1n) is 10.0. The van der Waals surface area contributed by atoms with Gasteiger partial charge in [-0.1, -0.05) is 6.07 Å². The van der Waals surface area contributed by atoms with Gasteiger partial charge in [0.1, 0.15) is 28.5 Å². The van der Waals surface area contributed by atoms with Crippen LogP contribution >= 0.6 is 0 Å².